The second-order valence-electron chi connectivity index (χ2n) is 5.40. The highest BCUT2D eigenvalue weighted by molar-refractivity contribution is 6.15. The molecule has 2 aromatic carbocycles. The summed E-state index contributed by atoms with van der Waals surface area (Å²) < 4.78 is 1.75. The minimum Gasteiger partial charge on any atom is -0.274 e. The van der Waals surface area contributed by atoms with Crippen molar-refractivity contribution >= 4 is 27.7 Å². The van der Waals surface area contributed by atoms with Crippen LogP contribution in [0.25, 0.3) is 21.8 Å². The van der Waals surface area contributed by atoms with Gasteiger partial charge >= 0.3 is 0 Å². The first-order valence-corrected chi connectivity index (χ1v) is 7.21. The Bertz CT molecular complexity index is 944. The molecule has 0 aliphatic carbocycles. The zero-order valence-corrected chi connectivity index (χ0v) is 12.2. The average Bonchev–Trinajstić information content (AvgIpc) is 2.89. The summed E-state index contributed by atoms with van der Waals surface area (Å²) in [6.07, 6.45) is 1.72. The Morgan fingerprint density at radius 1 is 0.864 bits per heavy atom. The van der Waals surface area contributed by atoms with E-state index in [-0.39, 0.29) is 5.91 Å². The number of carbonyl (C=O) groups is 1. The van der Waals surface area contributed by atoms with E-state index < -0.39 is 0 Å². The van der Waals surface area contributed by atoms with E-state index in [0.29, 0.717) is 5.69 Å². The maximum absolute atomic E-state index is 12.9. The summed E-state index contributed by atoms with van der Waals surface area (Å²) in [5.74, 6) is -0.0996. The third-order valence-electron chi connectivity index (χ3n) is 3.91. The first-order chi connectivity index (χ1) is 10.8. The van der Waals surface area contributed by atoms with Gasteiger partial charge in [0.2, 0.25) is 0 Å². The maximum atomic E-state index is 12.9. The largest absolute Gasteiger partial charge is 0.281 e. The van der Waals surface area contributed by atoms with E-state index >= 15 is 0 Å². The molecule has 0 saturated carbocycles. The molecule has 2 heterocycles. The van der Waals surface area contributed by atoms with Gasteiger partial charge in [0, 0.05) is 17.0 Å². The number of nitrogens with zero attached hydrogens (tertiary/aromatic N) is 2. The number of benzene rings is 2. The Kier molecular flexibility index (Phi) is 2.79. The van der Waals surface area contributed by atoms with Crippen LogP contribution in [0.1, 0.15) is 16.1 Å². The molecule has 22 heavy (non-hydrogen) atoms. The molecule has 0 radical (unpaired) electrons. The average molecular weight is 286 g/mol. The van der Waals surface area contributed by atoms with Crippen LogP contribution in [-0.2, 0) is 0 Å². The second kappa shape index (κ2) is 4.81. The highest BCUT2D eigenvalue weighted by atomic mass is 16.2. The lowest BCUT2D eigenvalue weighted by Crippen LogP contribution is -2.13. The van der Waals surface area contributed by atoms with Gasteiger partial charge in [0.15, 0.2) is 0 Å². The molecule has 0 atom stereocenters. The number of fused-ring (bicyclic) bond motifs is 3. The van der Waals surface area contributed by atoms with Gasteiger partial charge in [0.05, 0.1) is 11.0 Å². The zero-order valence-electron chi connectivity index (χ0n) is 12.2. The van der Waals surface area contributed by atoms with E-state index in [1.54, 1.807) is 16.8 Å². The fourth-order valence-electron chi connectivity index (χ4n) is 2.85. The van der Waals surface area contributed by atoms with Crippen LogP contribution in [0.15, 0.2) is 66.9 Å². The van der Waals surface area contributed by atoms with Gasteiger partial charge in [-0.15, -0.1) is 0 Å². The third kappa shape index (κ3) is 1.83. The van der Waals surface area contributed by atoms with Crippen LogP contribution in [0, 0.1) is 6.92 Å². The topological polar surface area (TPSA) is 34.9 Å². The number of hydrogen-bond acceptors (Lipinski definition) is 2. The van der Waals surface area contributed by atoms with Crippen LogP contribution in [0.5, 0.6) is 0 Å². The van der Waals surface area contributed by atoms with E-state index in [1.165, 1.54) is 0 Å². The molecule has 0 spiro atoms. The molecule has 0 unspecified atom stereocenters. The standard InChI is InChI=1S/C19H14N2O/c1-13-10-11-16(20-12-13)19(22)21-17-8-4-2-6-14(17)15-7-3-5-9-18(15)21/h2-12H,1H3. The van der Waals surface area contributed by atoms with E-state index in [0.717, 1.165) is 27.4 Å². The predicted octanol–water partition coefficient (Wildman–Crippen LogP) is 4.19. The van der Waals surface area contributed by atoms with Crippen LogP contribution in [0.2, 0.25) is 0 Å². The highest BCUT2D eigenvalue weighted by Gasteiger charge is 2.17. The Morgan fingerprint density at radius 2 is 1.45 bits per heavy atom. The van der Waals surface area contributed by atoms with Gasteiger partial charge in [-0.1, -0.05) is 42.5 Å². The zero-order chi connectivity index (χ0) is 15.1. The number of para-hydroxylation sites is 2. The molecule has 3 nitrogen and oxygen atoms in total. The molecule has 0 fully saturated rings. The van der Waals surface area contributed by atoms with E-state index in [1.807, 2.05) is 61.5 Å². The predicted molar refractivity (Wildman–Crippen MR) is 88.1 cm³/mol. The lowest BCUT2D eigenvalue weighted by atomic mass is 10.2. The van der Waals surface area contributed by atoms with Gasteiger partial charge in [-0.3, -0.25) is 14.3 Å². The van der Waals surface area contributed by atoms with Gasteiger partial charge in [0.25, 0.3) is 5.91 Å². The van der Waals surface area contributed by atoms with E-state index in [9.17, 15) is 4.79 Å². The van der Waals surface area contributed by atoms with Crippen LogP contribution in [-0.4, -0.2) is 15.5 Å². The molecule has 2 aromatic heterocycles. The Morgan fingerprint density at radius 3 is 2.00 bits per heavy atom. The molecule has 4 aromatic rings. The number of pyridine rings is 1. The molecule has 0 saturated heterocycles. The Labute approximate surface area is 127 Å². The van der Waals surface area contributed by atoms with Crippen molar-refractivity contribution < 1.29 is 4.79 Å². The van der Waals surface area contributed by atoms with Crippen molar-refractivity contribution in [2.75, 3.05) is 0 Å². The fourth-order valence-corrected chi connectivity index (χ4v) is 2.85. The fraction of sp³-hybridized carbons (Fsp3) is 0.0526. The van der Waals surface area contributed by atoms with Crippen LogP contribution in [0.3, 0.4) is 0 Å². The summed E-state index contributed by atoms with van der Waals surface area (Å²) in [4.78, 5) is 17.2. The molecule has 0 N–H and O–H groups in total. The van der Waals surface area contributed by atoms with E-state index in [2.05, 4.69) is 4.98 Å². The summed E-state index contributed by atoms with van der Waals surface area (Å²) >= 11 is 0. The van der Waals surface area contributed by atoms with E-state index in [4.69, 9.17) is 0 Å². The minimum atomic E-state index is -0.0996. The van der Waals surface area contributed by atoms with Crippen LogP contribution < -0.4 is 0 Å². The molecule has 0 aliphatic rings. The van der Waals surface area contributed by atoms with Gasteiger partial charge < -0.3 is 0 Å². The van der Waals surface area contributed by atoms with Crippen LogP contribution >= 0.6 is 0 Å². The van der Waals surface area contributed by atoms with Crippen molar-refractivity contribution in [3.63, 3.8) is 0 Å². The molecule has 0 amide bonds. The number of aromatic nitrogens is 2. The number of carbonyl (C=O) groups excluding carboxylic acids is 1. The molecule has 4 rings (SSSR count). The quantitative estimate of drug-likeness (QED) is 0.526. The highest BCUT2D eigenvalue weighted by Crippen LogP contribution is 2.29. The lowest BCUT2D eigenvalue weighted by molar-refractivity contribution is 0.0964. The first-order valence-electron chi connectivity index (χ1n) is 7.21. The molecular formula is C19H14N2O. The number of rotatable bonds is 1. The summed E-state index contributed by atoms with van der Waals surface area (Å²) in [7, 11) is 0. The number of hydrogen-bond donors (Lipinski definition) is 0. The summed E-state index contributed by atoms with van der Waals surface area (Å²) in [6, 6.07) is 19.6. The normalized spacial score (nSPS) is 11.1. The van der Waals surface area contributed by atoms with Crippen molar-refractivity contribution in [2.45, 2.75) is 6.92 Å². The lowest BCUT2D eigenvalue weighted by Gasteiger charge is -2.05. The molecule has 106 valence electrons. The summed E-state index contributed by atoms with van der Waals surface area (Å²) in [5, 5.41) is 2.16. The first kappa shape index (κ1) is 12.8. The van der Waals surface area contributed by atoms with Crippen molar-refractivity contribution in [3.05, 3.63) is 78.1 Å². The monoisotopic (exact) mass is 286 g/mol. The second-order valence-corrected chi connectivity index (χ2v) is 5.40. The molecule has 0 bridgehead atoms. The molecule has 0 aliphatic heterocycles. The van der Waals surface area contributed by atoms with Gasteiger partial charge in [-0.2, -0.15) is 0 Å². The van der Waals surface area contributed by atoms with Gasteiger partial charge in [-0.25, -0.2) is 0 Å². The van der Waals surface area contributed by atoms with Crippen molar-refractivity contribution in [1.82, 2.24) is 9.55 Å². The maximum Gasteiger partial charge on any atom is 0.281 e. The summed E-state index contributed by atoms with van der Waals surface area (Å²) in [6.45, 7) is 1.96. The van der Waals surface area contributed by atoms with Crippen molar-refractivity contribution in [2.24, 2.45) is 0 Å². The minimum absolute atomic E-state index is 0.0996. The summed E-state index contributed by atoms with van der Waals surface area (Å²) in [5.41, 5.74) is 3.32. The van der Waals surface area contributed by atoms with Crippen molar-refractivity contribution in [1.29, 1.82) is 0 Å². The van der Waals surface area contributed by atoms with Gasteiger partial charge in [-0.05, 0) is 30.7 Å². The Balaban J connectivity index is 2.04. The molecular weight excluding hydrogens is 272 g/mol. The van der Waals surface area contributed by atoms with Crippen LogP contribution in [0.4, 0.5) is 0 Å². The SMILES string of the molecule is Cc1ccc(C(=O)n2c3ccccc3c3ccccc32)nc1. The Hall–Kier alpha value is -2.94. The molecule has 3 heteroatoms. The smallest absolute Gasteiger partial charge is 0.274 e. The third-order valence-corrected chi connectivity index (χ3v) is 3.91. The number of aryl methyl sites for hydroxylation is 1. The van der Waals surface area contributed by atoms with Crippen molar-refractivity contribution in [3.8, 4) is 0 Å². The van der Waals surface area contributed by atoms with Gasteiger partial charge in [0.1, 0.15) is 5.69 Å².